The van der Waals surface area contributed by atoms with Gasteiger partial charge in [0.1, 0.15) is 23.5 Å². The number of nitriles is 2. The van der Waals surface area contributed by atoms with Crippen LogP contribution in [-0.2, 0) is 27.3 Å². The molecule has 0 bridgehead atoms. The van der Waals surface area contributed by atoms with E-state index in [1.807, 2.05) is 12.1 Å². The van der Waals surface area contributed by atoms with Crippen molar-refractivity contribution in [2.24, 2.45) is 4.30 Å². The second-order valence-corrected chi connectivity index (χ2v) is 30.7. The van der Waals surface area contributed by atoms with Crippen LogP contribution in [0.1, 0.15) is 98.2 Å². The number of aromatic nitrogens is 2. The molecule has 58 heavy (non-hydrogen) atoms. The van der Waals surface area contributed by atoms with Crippen LogP contribution in [0.5, 0.6) is 0 Å². The van der Waals surface area contributed by atoms with E-state index in [-0.39, 0.29) is 29.7 Å². The van der Waals surface area contributed by atoms with Gasteiger partial charge in [-0.05, 0) is 98.0 Å². The fourth-order valence-electron chi connectivity index (χ4n) is 5.47. The van der Waals surface area contributed by atoms with Gasteiger partial charge in [-0.1, -0.05) is 143 Å². The van der Waals surface area contributed by atoms with Crippen molar-refractivity contribution in [2.75, 3.05) is 0 Å². The van der Waals surface area contributed by atoms with Crippen molar-refractivity contribution in [3.63, 3.8) is 0 Å². The second-order valence-electron chi connectivity index (χ2n) is 17.0. The van der Waals surface area contributed by atoms with E-state index in [2.05, 4.69) is 187 Å². The summed E-state index contributed by atoms with van der Waals surface area (Å²) in [6.45, 7) is 30.6. The molecule has 0 aliphatic heterocycles. The molecule has 0 saturated carbocycles. The quantitative estimate of drug-likeness (QED) is 0.0921. The number of benzene rings is 2. The average Bonchev–Trinajstić information content (AvgIpc) is 3.62. The van der Waals surface area contributed by atoms with Gasteiger partial charge < -0.3 is 18.0 Å². The van der Waals surface area contributed by atoms with Crippen molar-refractivity contribution in [3.05, 3.63) is 71.0 Å². The molecule has 0 saturated heterocycles. The molecule has 0 amide bonds. The Balaban J connectivity index is 0.000000932. The van der Waals surface area contributed by atoms with Gasteiger partial charge in [-0.25, -0.2) is 0 Å². The zero-order valence-corrected chi connectivity index (χ0v) is 43.3. The first-order valence-electron chi connectivity index (χ1n) is 18.9. The Morgan fingerprint density at radius 1 is 0.759 bits per heavy atom. The zero-order chi connectivity index (χ0) is 44.2. The maximum atomic E-state index is 9.58. The molecule has 2 heterocycles. The number of halogens is 5. The van der Waals surface area contributed by atoms with Crippen LogP contribution in [-0.4, -0.2) is 48.9 Å². The van der Waals surface area contributed by atoms with Crippen molar-refractivity contribution in [1.82, 2.24) is 9.13 Å². The molecule has 7 nitrogen and oxygen atoms in total. The molecule has 0 aliphatic carbocycles. The van der Waals surface area contributed by atoms with Crippen LogP contribution in [0.15, 0.2) is 52.8 Å². The first kappa shape index (κ1) is 56.7. The van der Waals surface area contributed by atoms with E-state index in [0.29, 0.717) is 11.4 Å². The van der Waals surface area contributed by atoms with E-state index in [4.69, 9.17) is 55.3 Å². The SMILES string of the molecule is C.CC[C@H](Cn1c(C#N)cc2cc(C)ccc21)O[Si](C)(C)C(C)(C)C.CC[C@H](Cn1c(C#N)cc2cc(CBr)ccc21)O[Si](C)(C)C(C)(C)C.ClC(Cl)(Cl)Cl.[B]=NS. The summed E-state index contributed by atoms with van der Waals surface area (Å²) < 4.78 is 18.5. The molecule has 0 spiro atoms. The van der Waals surface area contributed by atoms with Gasteiger partial charge in [-0.15, -0.1) is 0 Å². The molecule has 2 aromatic carbocycles. The van der Waals surface area contributed by atoms with Crippen LogP contribution in [0.4, 0.5) is 0 Å². The van der Waals surface area contributed by atoms with Gasteiger partial charge in [0.2, 0.25) is 0 Å². The Kier molecular flexibility index (Phi) is 23.8. The molecule has 1 radical (unpaired) electrons. The van der Waals surface area contributed by atoms with E-state index in [9.17, 15) is 10.5 Å². The van der Waals surface area contributed by atoms with Crippen LogP contribution >= 0.6 is 75.1 Å². The van der Waals surface area contributed by atoms with Crippen molar-refractivity contribution in [1.29, 1.82) is 10.5 Å². The third kappa shape index (κ3) is 17.6. The molecule has 16 heteroatoms. The van der Waals surface area contributed by atoms with Gasteiger partial charge in [-0.2, -0.15) is 10.5 Å². The summed E-state index contributed by atoms with van der Waals surface area (Å²) in [6, 6.07) is 21.4. The normalized spacial score (nSPS) is 13.0. The number of aryl methyl sites for hydroxylation is 1. The van der Waals surface area contributed by atoms with Crippen molar-refractivity contribution in [2.45, 2.75) is 153 Å². The summed E-state index contributed by atoms with van der Waals surface area (Å²) in [5, 5.41) is 22.6. The fraction of sp³-hybridized carbons (Fsp3) is 0.571. The third-order valence-electron chi connectivity index (χ3n) is 10.6. The number of rotatable bonds is 11. The van der Waals surface area contributed by atoms with Crippen molar-refractivity contribution < 1.29 is 8.85 Å². The van der Waals surface area contributed by atoms with E-state index >= 15 is 0 Å². The topological polar surface area (TPSA) is 88.3 Å². The Labute approximate surface area is 387 Å². The number of thiol groups is 1. The first-order valence-corrected chi connectivity index (χ1v) is 27.7. The zero-order valence-electron chi connectivity index (χ0n) is 35.8. The summed E-state index contributed by atoms with van der Waals surface area (Å²) in [5.74, 6) is 0. The molecule has 0 N–H and O–H groups in total. The molecular formula is C42H64BBrCl4N5O2SSi2. The monoisotopic (exact) mass is 988 g/mol. The van der Waals surface area contributed by atoms with E-state index in [1.165, 1.54) is 11.1 Å². The fourth-order valence-corrected chi connectivity index (χ4v) is 8.67. The molecular weight excluding hydrogens is 927 g/mol. The minimum atomic E-state index is -1.83. The summed E-state index contributed by atoms with van der Waals surface area (Å²) in [6.07, 6.45) is 2.15. The molecule has 0 unspecified atom stereocenters. The Morgan fingerprint density at radius 2 is 1.10 bits per heavy atom. The van der Waals surface area contributed by atoms with E-state index in [1.54, 1.807) is 0 Å². The maximum absolute atomic E-state index is 9.58. The number of fused-ring (bicyclic) bond motifs is 2. The van der Waals surface area contributed by atoms with Gasteiger partial charge in [0, 0.05) is 40.2 Å². The number of alkyl halides is 5. The Bertz CT molecular complexity index is 1990. The van der Waals surface area contributed by atoms with Crippen LogP contribution < -0.4 is 0 Å². The van der Waals surface area contributed by atoms with Crippen LogP contribution in [0, 0.1) is 29.6 Å². The Morgan fingerprint density at radius 3 is 1.41 bits per heavy atom. The first-order chi connectivity index (χ1) is 26.1. The van der Waals surface area contributed by atoms with Gasteiger partial charge in [0.05, 0.1) is 12.2 Å². The number of nitrogens with zero attached hydrogens (tertiary/aromatic N) is 5. The third-order valence-corrected chi connectivity index (χ3v) is 20.3. The van der Waals surface area contributed by atoms with Gasteiger partial charge in [-0.3, -0.25) is 0 Å². The van der Waals surface area contributed by atoms with E-state index < -0.39 is 19.9 Å². The van der Waals surface area contributed by atoms with E-state index in [0.717, 1.165) is 53.1 Å². The molecule has 0 fully saturated rings. The van der Waals surface area contributed by atoms with Gasteiger partial charge in [0.25, 0.3) is 3.25 Å². The molecule has 4 rings (SSSR count). The summed E-state index contributed by atoms with van der Waals surface area (Å²) in [5.41, 5.74) is 6.09. The van der Waals surface area contributed by atoms with Crippen LogP contribution in [0.25, 0.3) is 21.8 Å². The standard InChI is InChI=1S/C20H29BrN2OSi.C20H30N2OSi.CCl4.CH4.BHNS/c1-7-18(24-25(5,6)20(2,3)4)14-23-17(13-22)11-16-10-15(12-21)8-9-19(16)23;1-8-18(23-24(6,7)20(3,4)5)14-22-17(13-21)12-16-11-15(2)9-10-19(16)22;2-1(3,4)5;;1-2-3/h8-11,18H,7,12,14H2,1-6H3;9-12,18H,8,14H2,1-7H3;;1H4;3H/t2*18-;;;/m11.../s1. The predicted octanol–water partition coefficient (Wildman–Crippen LogP) is 15.2. The van der Waals surface area contributed by atoms with Gasteiger partial charge in [0.15, 0.2) is 16.6 Å². The minimum absolute atomic E-state index is 0. The van der Waals surface area contributed by atoms with Crippen molar-refractivity contribution >= 4 is 121 Å². The summed E-state index contributed by atoms with van der Waals surface area (Å²) >= 11 is 26.0. The predicted molar refractivity (Wildman–Crippen MR) is 265 cm³/mol. The molecule has 4 aromatic rings. The number of hydrogen-bond donors (Lipinski definition) is 1. The molecule has 321 valence electrons. The Hall–Kier alpha value is -1.29. The molecule has 2 aromatic heterocycles. The molecule has 2 atom stereocenters. The summed E-state index contributed by atoms with van der Waals surface area (Å²) in [7, 11) is 0.679. The second kappa shape index (κ2) is 24.4. The summed E-state index contributed by atoms with van der Waals surface area (Å²) in [4.78, 5) is 0. The van der Waals surface area contributed by atoms with Crippen molar-refractivity contribution in [3.8, 4) is 12.1 Å². The van der Waals surface area contributed by atoms with Gasteiger partial charge >= 0.3 is 24.8 Å². The average molecular weight is 992 g/mol. The van der Waals surface area contributed by atoms with Crippen LogP contribution in [0.2, 0.25) is 36.3 Å². The van der Waals surface area contributed by atoms with Crippen LogP contribution in [0.3, 0.4) is 0 Å². The molecule has 0 aliphatic rings. The number of hydrogen-bond acceptors (Lipinski definition) is 6.